The number of likely N-dealkylation sites (tertiary alicyclic amines) is 1. The summed E-state index contributed by atoms with van der Waals surface area (Å²) in [6.45, 7) is 4.81. The average molecular weight is 343 g/mol. The zero-order valence-electron chi connectivity index (χ0n) is 14.0. The Bertz CT molecular complexity index is 694. The van der Waals surface area contributed by atoms with Crippen LogP contribution in [0.5, 0.6) is 0 Å². The Hall–Kier alpha value is -1.84. The zero-order chi connectivity index (χ0) is 16.9. The molecule has 1 aliphatic heterocycles. The lowest BCUT2D eigenvalue weighted by atomic mass is 9.95. The number of amides is 1. The van der Waals surface area contributed by atoms with Crippen LogP contribution in [0.25, 0.3) is 0 Å². The molecule has 0 radical (unpaired) electrons. The van der Waals surface area contributed by atoms with Crippen LogP contribution in [0.1, 0.15) is 24.0 Å². The molecule has 1 N–H and O–H groups in total. The SMILES string of the molecule is Cc1c(Cl)cccc1NC(=O)C1CCN(Cc2ccccc2)CC1. The molecule has 126 valence electrons. The van der Waals surface area contributed by atoms with Crippen LogP contribution < -0.4 is 5.32 Å². The number of carbonyl (C=O) groups is 1. The maximum atomic E-state index is 12.5. The first kappa shape index (κ1) is 17.0. The maximum Gasteiger partial charge on any atom is 0.227 e. The highest BCUT2D eigenvalue weighted by Gasteiger charge is 2.25. The topological polar surface area (TPSA) is 32.3 Å². The average Bonchev–Trinajstić information content (AvgIpc) is 2.60. The standard InChI is InChI=1S/C20H23ClN2O/c1-15-18(21)8-5-9-19(15)22-20(24)17-10-12-23(13-11-17)14-16-6-3-2-4-7-16/h2-9,17H,10-14H2,1H3,(H,22,24). The van der Waals surface area contributed by atoms with Crippen molar-refractivity contribution in [2.45, 2.75) is 26.3 Å². The lowest BCUT2D eigenvalue weighted by molar-refractivity contribution is -0.121. The second kappa shape index (κ2) is 7.82. The molecule has 24 heavy (non-hydrogen) atoms. The second-order valence-corrected chi connectivity index (χ2v) is 6.84. The summed E-state index contributed by atoms with van der Waals surface area (Å²) in [5.41, 5.74) is 3.07. The van der Waals surface area contributed by atoms with E-state index in [2.05, 4.69) is 34.5 Å². The normalized spacial score (nSPS) is 16.1. The number of hydrogen-bond donors (Lipinski definition) is 1. The van der Waals surface area contributed by atoms with E-state index in [4.69, 9.17) is 11.6 Å². The molecule has 3 nitrogen and oxygen atoms in total. The van der Waals surface area contributed by atoms with Gasteiger partial charge in [-0.3, -0.25) is 9.69 Å². The molecule has 2 aromatic rings. The third-order valence-electron chi connectivity index (χ3n) is 4.73. The van der Waals surface area contributed by atoms with Crippen LogP contribution in [-0.4, -0.2) is 23.9 Å². The third-order valence-corrected chi connectivity index (χ3v) is 5.14. The van der Waals surface area contributed by atoms with E-state index in [0.29, 0.717) is 5.02 Å². The van der Waals surface area contributed by atoms with Crippen molar-refractivity contribution in [2.24, 2.45) is 5.92 Å². The Morgan fingerprint density at radius 3 is 2.54 bits per heavy atom. The summed E-state index contributed by atoms with van der Waals surface area (Å²) in [7, 11) is 0. The Kier molecular flexibility index (Phi) is 5.54. The highest BCUT2D eigenvalue weighted by Crippen LogP contribution is 2.25. The van der Waals surface area contributed by atoms with E-state index >= 15 is 0 Å². The smallest absolute Gasteiger partial charge is 0.227 e. The number of piperidine rings is 1. The molecule has 1 amide bonds. The molecule has 0 unspecified atom stereocenters. The summed E-state index contributed by atoms with van der Waals surface area (Å²) in [6.07, 6.45) is 1.80. The Balaban J connectivity index is 1.52. The van der Waals surface area contributed by atoms with E-state index < -0.39 is 0 Å². The van der Waals surface area contributed by atoms with Crippen LogP contribution in [0.2, 0.25) is 5.02 Å². The highest BCUT2D eigenvalue weighted by atomic mass is 35.5. The molecule has 2 aromatic carbocycles. The molecule has 0 bridgehead atoms. The molecule has 1 aliphatic rings. The van der Waals surface area contributed by atoms with Crippen LogP contribution in [0.15, 0.2) is 48.5 Å². The Labute approximate surface area is 148 Å². The quantitative estimate of drug-likeness (QED) is 0.887. The van der Waals surface area contributed by atoms with Gasteiger partial charge in [0.2, 0.25) is 5.91 Å². The lowest BCUT2D eigenvalue weighted by Gasteiger charge is -2.31. The van der Waals surface area contributed by atoms with Crippen molar-refractivity contribution in [3.05, 3.63) is 64.7 Å². The monoisotopic (exact) mass is 342 g/mol. The highest BCUT2D eigenvalue weighted by molar-refractivity contribution is 6.31. The van der Waals surface area contributed by atoms with Crippen LogP contribution in [0.4, 0.5) is 5.69 Å². The van der Waals surface area contributed by atoms with Crippen molar-refractivity contribution in [1.29, 1.82) is 0 Å². The van der Waals surface area contributed by atoms with Gasteiger partial charge in [-0.25, -0.2) is 0 Å². The second-order valence-electron chi connectivity index (χ2n) is 6.44. The zero-order valence-corrected chi connectivity index (χ0v) is 14.7. The minimum Gasteiger partial charge on any atom is -0.326 e. The van der Waals surface area contributed by atoms with Gasteiger partial charge in [0.25, 0.3) is 0 Å². The van der Waals surface area contributed by atoms with Crippen LogP contribution >= 0.6 is 11.6 Å². The summed E-state index contributed by atoms with van der Waals surface area (Å²) >= 11 is 6.12. The van der Waals surface area contributed by atoms with E-state index in [9.17, 15) is 4.79 Å². The van der Waals surface area contributed by atoms with Gasteiger partial charge in [0.05, 0.1) is 0 Å². The van der Waals surface area contributed by atoms with E-state index in [1.54, 1.807) is 0 Å². The molecule has 3 rings (SSSR count). The fourth-order valence-electron chi connectivity index (χ4n) is 3.17. The Morgan fingerprint density at radius 1 is 1.12 bits per heavy atom. The summed E-state index contributed by atoms with van der Waals surface area (Å²) in [4.78, 5) is 14.9. The number of halogens is 1. The molecule has 0 spiro atoms. The maximum absolute atomic E-state index is 12.5. The number of hydrogen-bond acceptors (Lipinski definition) is 2. The van der Waals surface area contributed by atoms with Gasteiger partial charge in [-0.05, 0) is 56.1 Å². The van der Waals surface area contributed by atoms with Gasteiger partial charge < -0.3 is 5.32 Å². The van der Waals surface area contributed by atoms with Gasteiger partial charge in [-0.1, -0.05) is 48.0 Å². The summed E-state index contributed by atoms with van der Waals surface area (Å²) in [5, 5.41) is 3.73. The molecule has 4 heteroatoms. The van der Waals surface area contributed by atoms with Gasteiger partial charge in [0.1, 0.15) is 0 Å². The van der Waals surface area contributed by atoms with E-state index in [1.165, 1.54) is 5.56 Å². The van der Waals surface area contributed by atoms with E-state index in [-0.39, 0.29) is 11.8 Å². The fraction of sp³-hybridized carbons (Fsp3) is 0.350. The van der Waals surface area contributed by atoms with E-state index in [1.807, 2.05) is 31.2 Å². The summed E-state index contributed by atoms with van der Waals surface area (Å²) in [5.74, 6) is 0.190. The molecule has 0 aliphatic carbocycles. The molecule has 1 heterocycles. The van der Waals surface area contributed by atoms with Gasteiger partial charge in [-0.2, -0.15) is 0 Å². The van der Waals surface area contributed by atoms with E-state index in [0.717, 1.165) is 43.7 Å². The first-order chi connectivity index (χ1) is 11.6. The van der Waals surface area contributed by atoms with Crippen molar-refractivity contribution in [2.75, 3.05) is 18.4 Å². The third kappa shape index (κ3) is 4.16. The predicted octanol–water partition coefficient (Wildman–Crippen LogP) is 4.50. The number of benzene rings is 2. The molecule has 1 fully saturated rings. The number of anilines is 1. The van der Waals surface area contributed by atoms with Gasteiger partial charge in [0, 0.05) is 23.2 Å². The number of rotatable bonds is 4. The predicted molar refractivity (Wildman–Crippen MR) is 99.3 cm³/mol. The van der Waals surface area contributed by atoms with Crippen molar-refractivity contribution >= 4 is 23.2 Å². The minimum absolute atomic E-state index is 0.0791. The molecular weight excluding hydrogens is 320 g/mol. The Morgan fingerprint density at radius 2 is 1.83 bits per heavy atom. The van der Waals surface area contributed by atoms with Crippen LogP contribution in [0.3, 0.4) is 0 Å². The van der Waals surface area contributed by atoms with Gasteiger partial charge >= 0.3 is 0 Å². The summed E-state index contributed by atoms with van der Waals surface area (Å²) in [6, 6.07) is 16.1. The number of nitrogens with zero attached hydrogens (tertiary/aromatic N) is 1. The molecule has 0 atom stereocenters. The summed E-state index contributed by atoms with van der Waals surface area (Å²) < 4.78 is 0. The van der Waals surface area contributed by atoms with Gasteiger partial charge in [0.15, 0.2) is 0 Å². The number of carbonyl (C=O) groups excluding carboxylic acids is 1. The first-order valence-electron chi connectivity index (χ1n) is 8.46. The van der Waals surface area contributed by atoms with Crippen LogP contribution in [-0.2, 0) is 11.3 Å². The number of nitrogens with one attached hydrogen (secondary N) is 1. The van der Waals surface area contributed by atoms with Crippen molar-refractivity contribution in [3.63, 3.8) is 0 Å². The van der Waals surface area contributed by atoms with Crippen molar-refractivity contribution in [1.82, 2.24) is 4.90 Å². The fourth-order valence-corrected chi connectivity index (χ4v) is 3.35. The lowest BCUT2D eigenvalue weighted by Crippen LogP contribution is -2.37. The first-order valence-corrected chi connectivity index (χ1v) is 8.83. The van der Waals surface area contributed by atoms with Crippen LogP contribution in [0, 0.1) is 12.8 Å². The van der Waals surface area contributed by atoms with Crippen molar-refractivity contribution in [3.8, 4) is 0 Å². The molecule has 0 saturated carbocycles. The largest absolute Gasteiger partial charge is 0.326 e. The molecular formula is C20H23ClN2O. The van der Waals surface area contributed by atoms with Gasteiger partial charge in [-0.15, -0.1) is 0 Å². The minimum atomic E-state index is 0.0791. The molecule has 0 aromatic heterocycles. The van der Waals surface area contributed by atoms with Crippen molar-refractivity contribution < 1.29 is 4.79 Å². The molecule has 1 saturated heterocycles.